The molecule has 3 N–H and O–H groups in total. The van der Waals surface area contributed by atoms with Crippen molar-refractivity contribution in [3.63, 3.8) is 0 Å². The van der Waals surface area contributed by atoms with Crippen LogP contribution >= 0.6 is 0 Å². The van der Waals surface area contributed by atoms with E-state index in [-0.39, 0.29) is 11.4 Å². The zero-order valence-electron chi connectivity index (χ0n) is 12.0. The number of rotatable bonds is 4. The first-order chi connectivity index (χ1) is 10.5. The van der Waals surface area contributed by atoms with Gasteiger partial charge in [-0.1, -0.05) is 0 Å². The molecule has 8 nitrogen and oxygen atoms in total. The lowest BCUT2D eigenvalue weighted by Crippen LogP contribution is -2.24. The van der Waals surface area contributed by atoms with E-state index in [4.69, 9.17) is 4.74 Å². The van der Waals surface area contributed by atoms with E-state index in [9.17, 15) is 14.7 Å². The third-order valence-electron chi connectivity index (χ3n) is 2.69. The molecule has 0 atom stereocenters. The van der Waals surface area contributed by atoms with Gasteiger partial charge < -0.3 is 14.8 Å². The number of H-pyrrole nitrogens is 1. The second kappa shape index (κ2) is 6.53. The van der Waals surface area contributed by atoms with E-state index in [2.05, 4.69) is 20.5 Å². The lowest BCUT2D eigenvalue weighted by Gasteiger charge is -2.03. The number of aryl methyl sites for hydroxylation is 1. The first-order valence-electron chi connectivity index (χ1n) is 6.28. The van der Waals surface area contributed by atoms with Crippen molar-refractivity contribution < 1.29 is 14.6 Å². The van der Waals surface area contributed by atoms with E-state index in [1.54, 1.807) is 19.1 Å². The zero-order valence-corrected chi connectivity index (χ0v) is 12.0. The van der Waals surface area contributed by atoms with Crippen molar-refractivity contribution in [2.75, 3.05) is 7.11 Å². The lowest BCUT2D eigenvalue weighted by atomic mass is 10.2. The van der Waals surface area contributed by atoms with Crippen LogP contribution in [0.2, 0.25) is 0 Å². The maximum atomic E-state index is 11.8. The van der Waals surface area contributed by atoms with Crippen molar-refractivity contribution in [1.82, 2.24) is 15.4 Å². The number of hydrogen-bond donors (Lipinski definition) is 3. The highest BCUT2D eigenvalue weighted by atomic mass is 16.5. The largest absolute Gasteiger partial charge is 0.504 e. The third-order valence-corrected chi connectivity index (χ3v) is 2.69. The highest BCUT2D eigenvalue weighted by molar-refractivity contribution is 5.93. The summed E-state index contributed by atoms with van der Waals surface area (Å²) in [6, 6.07) is 6.10. The molecule has 1 aromatic heterocycles. The van der Waals surface area contributed by atoms with Gasteiger partial charge in [0.2, 0.25) is 0 Å². The molecule has 0 aliphatic rings. The first-order valence-corrected chi connectivity index (χ1v) is 6.28. The number of ether oxygens (including phenoxy) is 1. The number of carbonyl (C=O) groups excluding carboxylic acids is 1. The van der Waals surface area contributed by atoms with Crippen LogP contribution in [0.5, 0.6) is 11.5 Å². The van der Waals surface area contributed by atoms with Crippen LogP contribution in [0.15, 0.2) is 34.2 Å². The molecule has 2 rings (SSSR count). The van der Waals surface area contributed by atoms with Gasteiger partial charge in [0.05, 0.1) is 13.3 Å². The molecule has 0 bridgehead atoms. The number of phenols is 1. The van der Waals surface area contributed by atoms with Crippen molar-refractivity contribution >= 4 is 12.1 Å². The number of aromatic amines is 1. The van der Waals surface area contributed by atoms with Crippen molar-refractivity contribution in [3.8, 4) is 11.5 Å². The Balaban J connectivity index is 2.07. The van der Waals surface area contributed by atoms with E-state index in [0.717, 1.165) is 0 Å². The molecule has 8 heteroatoms. The summed E-state index contributed by atoms with van der Waals surface area (Å²) in [5.74, 6) is -0.308. The number of benzene rings is 1. The lowest BCUT2D eigenvalue weighted by molar-refractivity contribution is 0.0949. The fourth-order valence-corrected chi connectivity index (χ4v) is 1.71. The van der Waals surface area contributed by atoms with E-state index in [0.29, 0.717) is 17.0 Å². The Morgan fingerprint density at radius 2 is 2.23 bits per heavy atom. The topological polar surface area (TPSA) is 117 Å². The Morgan fingerprint density at radius 1 is 1.45 bits per heavy atom. The van der Waals surface area contributed by atoms with Gasteiger partial charge in [-0.2, -0.15) is 10.1 Å². The fourth-order valence-electron chi connectivity index (χ4n) is 1.71. The highest BCUT2D eigenvalue weighted by Gasteiger charge is 2.07. The van der Waals surface area contributed by atoms with Crippen molar-refractivity contribution in [1.29, 1.82) is 0 Å². The number of nitrogens with one attached hydrogen (secondary N) is 2. The van der Waals surface area contributed by atoms with Gasteiger partial charge in [-0.05, 0) is 36.8 Å². The van der Waals surface area contributed by atoms with Crippen LogP contribution < -0.4 is 15.9 Å². The summed E-state index contributed by atoms with van der Waals surface area (Å²) in [6.45, 7) is 1.64. The van der Waals surface area contributed by atoms with Gasteiger partial charge in [0.25, 0.3) is 5.91 Å². The molecule has 0 radical (unpaired) electrons. The molecule has 0 saturated heterocycles. The Morgan fingerprint density at radius 3 is 2.86 bits per heavy atom. The molecule has 0 aliphatic heterocycles. The predicted octanol–water partition coefficient (Wildman–Crippen LogP) is 0.556. The molecule has 1 heterocycles. The molecule has 1 aromatic carbocycles. The SMILES string of the molecule is COc1ccc(/C=N/NC(=O)c2cc(C)[nH]c(=O)n2)cc1O. The molecular formula is C14H14N4O4. The summed E-state index contributed by atoms with van der Waals surface area (Å²) < 4.78 is 4.92. The molecular weight excluding hydrogens is 288 g/mol. The quantitative estimate of drug-likeness (QED) is 0.563. The number of aromatic hydroxyl groups is 1. The number of nitrogens with zero attached hydrogens (tertiary/aromatic N) is 2. The minimum absolute atomic E-state index is 0.0315. The first kappa shape index (κ1) is 15.2. The molecule has 0 spiro atoms. The second-order valence-corrected chi connectivity index (χ2v) is 4.38. The smallest absolute Gasteiger partial charge is 0.345 e. The van der Waals surface area contributed by atoms with Crippen LogP contribution in [-0.2, 0) is 0 Å². The molecule has 22 heavy (non-hydrogen) atoms. The minimum Gasteiger partial charge on any atom is -0.504 e. The van der Waals surface area contributed by atoms with Crippen LogP contribution in [0, 0.1) is 6.92 Å². The summed E-state index contributed by atoms with van der Waals surface area (Å²) in [4.78, 5) is 29.0. The molecule has 2 aromatic rings. The van der Waals surface area contributed by atoms with Gasteiger partial charge in [-0.25, -0.2) is 10.2 Å². The van der Waals surface area contributed by atoms with Crippen LogP contribution in [0.1, 0.15) is 21.7 Å². The van der Waals surface area contributed by atoms with Crippen LogP contribution in [-0.4, -0.2) is 34.3 Å². The van der Waals surface area contributed by atoms with E-state index in [1.807, 2.05) is 0 Å². The number of methoxy groups -OCH3 is 1. The summed E-state index contributed by atoms with van der Waals surface area (Å²) in [5.41, 5.74) is 2.70. The number of hydrazone groups is 1. The number of carbonyl (C=O) groups is 1. The van der Waals surface area contributed by atoms with Crippen LogP contribution in [0.3, 0.4) is 0 Å². The van der Waals surface area contributed by atoms with Crippen molar-refractivity contribution in [2.45, 2.75) is 6.92 Å². The van der Waals surface area contributed by atoms with Crippen LogP contribution in [0.25, 0.3) is 0 Å². The molecule has 0 aliphatic carbocycles. The van der Waals surface area contributed by atoms with Crippen molar-refractivity contribution in [3.05, 3.63) is 51.7 Å². The Bertz CT molecular complexity index is 783. The molecule has 0 unspecified atom stereocenters. The van der Waals surface area contributed by atoms with Gasteiger partial charge in [0.1, 0.15) is 5.69 Å². The van der Waals surface area contributed by atoms with Gasteiger partial charge in [0, 0.05) is 5.69 Å². The molecule has 1 amide bonds. The third kappa shape index (κ3) is 3.69. The van der Waals surface area contributed by atoms with Gasteiger partial charge in [0.15, 0.2) is 11.5 Å². The normalized spacial score (nSPS) is 10.6. The van der Waals surface area contributed by atoms with Crippen LogP contribution in [0.4, 0.5) is 0 Å². The Kier molecular flexibility index (Phi) is 4.52. The summed E-state index contributed by atoms with van der Waals surface area (Å²) in [7, 11) is 1.44. The van der Waals surface area contributed by atoms with Crippen molar-refractivity contribution in [2.24, 2.45) is 5.10 Å². The molecule has 0 fully saturated rings. The predicted molar refractivity (Wildman–Crippen MR) is 79.3 cm³/mol. The Labute approximate surface area is 125 Å². The van der Waals surface area contributed by atoms with E-state index in [1.165, 1.54) is 25.5 Å². The standard InChI is InChI=1S/C14H14N4O4/c1-8-5-10(17-14(21)16-8)13(20)18-15-7-9-3-4-12(22-2)11(19)6-9/h3-7,19H,1-2H3,(H,18,20)(H,16,17,21)/b15-7+. The molecule has 0 saturated carbocycles. The summed E-state index contributed by atoms with van der Waals surface area (Å²) in [6.07, 6.45) is 1.34. The number of hydrogen-bond acceptors (Lipinski definition) is 6. The van der Waals surface area contributed by atoms with E-state index < -0.39 is 11.6 Å². The van der Waals surface area contributed by atoms with Gasteiger partial charge >= 0.3 is 5.69 Å². The minimum atomic E-state index is -0.608. The zero-order chi connectivity index (χ0) is 16.1. The molecule has 114 valence electrons. The average Bonchev–Trinajstić information content (AvgIpc) is 2.46. The number of aromatic nitrogens is 2. The van der Waals surface area contributed by atoms with Gasteiger partial charge in [-0.15, -0.1) is 0 Å². The number of phenolic OH excluding ortho intramolecular Hbond substituents is 1. The Hall–Kier alpha value is -3.16. The maximum Gasteiger partial charge on any atom is 0.345 e. The average molecular weight is 302 g/mol. The van der Waals surface area contributed by atoms with Gasteiger partial charge in [-0.3, -0.25) is 4.79 Å². The summed E-state index contributed by atoms with van der Waals surface area (Å²) >= 11 is 0. The fraction of sp³-hybridized carbons (Fsp3) is 0.143. The summed E-state index contributed by atoms with van der Waals surface area (Å²) in [5, 5.41) is 13.4. The number of amides is 1. The second-order valence-electron chi connectivity index (χ2n) is 4.38. The highest BCUT2D eigenvalue weighted by Crippen LogP contribution is 2.25. The maximum absolute atomic E-state index is 11.8. The van der Waals surface area contributed by atoms with E-state index >= 15 is 0 Å². The monoisotopic (exact) mass is 302 g/mol.